The van der Waals surface area contributed by atoms with Gasteiger partial charge in [0.25, 0.3) is 0 Å². The highest BCUT2D eigenvalue weighted by Gasteiger charge is 2.33. The number of nitrogens with one attached hydrogen (secondary N) is 1. The van der Waals surface area contributed by atoms with Gasteiger partial charge in [-0.05, 0) is 51.0 Å². The molecule has 0 unspecified atom stereocenters. The molecular formula is C16H17ClNO3-. The largest absolute Gasteiger partial charge is 0.550 e. The number of allylic oxidation sites excluding steroid dienone is 2. The van der Waals surface area contributed by atoms with Crippen molar-refractivity contribution in [3.63, 3.8) is 0 Å². The van der Waals surface area contributed by atoms with E-state index in [9.17, 15) is 14.7 Å². The third-order valence-electron chi connectivity index (χ3n) is 4.02. The summed E-state index contributed by atoms with van der Waals surface area (Å²) in [6, 6.07) is 6.71. The minimum Gasteiger partial charge on any atom is -0.550 e. The molecule has 2 rings (SSSR count). The van der Waals surface area contributed by atoms with E-state index in [-0.39, 0.29) is 5.91 Å². The second kappa shape index (κ2) is 6.31. The number of carbonyl (C=O) groups excluding carboxylic acids is 2. The molecule has 21 heavy (non-hydrogen) atoms. The maximum atomic E-state index is 12.4. The summed E-state index contributed by atoms with van der Waals surface area (Å²) in [5, 5.41) is 14.6. The summed E-state index contributed by atoms with van der Waals surface area (Å²) < 4.78 is 0. The Morgan fingerprint density at radius 1 is 1.10 bits per heavy atom. The molecule has 0 saturated carbocycles. The first kappa shape index (κ1) is 15.6. The van der Waals surface area contributed by atoms with Gasteiger partial charge < -0.3 is 15.2 Å². The molecule has 5 heteroatoms. The lowest BCUT2D eigenvalue weighted by molar-refractivity contribution is -0.313. The van der Waals surface area contributed by atoms with Gasteiger partial charge in [-0.25, -0.2) is 0 Å². The van der Waals surface area contributed by atoms with Gasteiger partial charge in [-0.2, -0.15) is 0 Å². The number of carboxylic acid groups (broad SMARTS) is 1. The van der Waals surface area contributed by atoms with E-state index in [1.807, 2.05) is 13.8 Å². The zero-order valence-electron chi connectivity index (χ0n) is 12.0. The number of carbonyl (C=O) groups is 2. The van der Waals surface area contributed by atoms with Crippen molar-refractivity contribution in [1.82, 2.24) is 0 Å². The van der Waals surface area contributed by atoms with Crippen LogP contribution in [0.1, 0.15) is 26.7 Å². The molecule has 1 aromatic carbocycles. The van der Waals surface area contributed by atoms with Crippen LogP contribution >= 0.6 is 11.6 Å². The Hall–Kier alpha value is -1.81. The quantitative estimate of drug-likeness (QED) is 0.872. The molecule has 2 atom stereocenters. The van der Waals surface area contributed by atoms with E-state index in [4.69, 9.17) is 11.6 Å². The van der Waals surface area contributed by atoms with Gasteiger partial charge >= 0.3 is 0 Å². The number of anilines is 1. The number of amides is 1. The average Bonchev–Trinajstić information content (AvgIpc) is 2.43. The van der Waals surface area contributed by atoms with Crippen LogP contribution in [0.5, 0.6) is 0 Å². The van der Waals surface area contributed by atoms with E-state index in [0.29, 0.717) is 23.6 Å². The van der Waals surface area contributed by atoms with Gasteiger partial charge in [0.2, 0.25) is 5.91 Å². The number of hydrogen-bond donors (Lipinski definition) is 1. The van der Waals surface area contributed by atoms with Crippen LogP contribution in [0, 0.1) is 11.8 Å². The fraction of sp³-hybridized carbons (Fsp3) is 0.375. The van der Waals surface area contributed by atoms with Crippen molar-refractivity contribution in [3.05, 3.63) is 40.4 Å². The standard InChI is InChI=1S/C16H18ClNO3/c1-9-7-13(14(16(20)21)8-10(9)2)15(19)18-12-5-3-11(17)4-6-12/h3-6,13-14H,7-8H2,1-2H3,(H,18,19)(H,20,21)/p-1/t13-,14+/m1/s1. The van der Waals surface area contributed by atoms with E-state index in [1.165, 1.54) is 0 Å². The molecule has 1 amide bonds. The first-order valence-corrected chi connectivity index (χ1v) is 7.18. The minimum absolute atomic E-state index is 0.293. The maximum Gasteiger partial charge on any atom is 0.228 e. The van der Waals surface area contributed by atoms with Crippen molar-refractivity contribution in [2.24, 2.45) is 11.8 Å². The molecule has 0 fully saturated rings. The number of benzene rings is 1. The molecule has 1 aliphatic carbocycles. The Labute approximate surface area is 128 Å². The van der Waals surface area contributed by atoms with Crippen LogP contribution in [0.15, 0.2) is 35.4 Å². The van der Waals surface area contributed by atoms with Crippen LogP contribution in [0.25, 0.3) is 0 Å². The Balaban J connectivity index is 2.16. The highest BCUT2D eigenvalue weighted by atomic mass is 35.5. The predicted octanol–water partition coefficient (Wildman–Crippen LogP) is 2.39. The summed E-state index contributed by atoms with van der Waals surface area (Å²) in [4.78, 5) is 23.6. The van der Waals surface area contributed by atoms with Crippen LogP contribution in [-0.4, -0.2) is 11.9 Å². The lowest BCUT2D eigenvalue weighted by Crippen LogP contribution is -2.42. The van der Waals surface area contributed by atoms with Crippen molar-refractivity contribution in [2.75, 3.05) is 5.32 Å². The summed E-state index contributed by atoms with van der Waals surface area (Å²) in [5.41, 5.74) is 2.70. The molecule has 0 heterocycles. The van der Waals surface area contributed by atoms with Crippen molar-refractivity contribution >= 4 is 29.2 Å². The van der Waals surface area contributed by atoms with E-state index in [1.54, 1.807) is 24.3 Å². The summed E-state index contributed by atoms with van der Waals surface area (Å²) in [6.45, 7) is 3.84. The summed E-state index contributed by atoms with van der Waals surface area (Å²) in [7, 11) is 0. The van der Waals surface area contributed by atoms with Crippen molar-refractivity contribution in [1.29, 1.82) is 0 Å². The molecule has 0 aromatic heterocycles. The Bertz CT molecular complexity index is 592. The summed E-state index contributed by atoms with van der Waals surface area (Å²) >= 11 is 5.79. The second-order valence-corrected chi connectivity index (χ2v) is 5.93. The van der Waals surface area contributed by atoms with Gasteiger partial charge in [-0.1, -0.05) is 22.7 Å². The van der Waals surface area contributed by atoms with E-state index in [2.05, 4.69) is 5.32 Å². The highest BCUT2D eigenvalue weighted by Crippen LogP contribution is 2.34. The number of rotatable bonds is 3. The summed E-state index contributed by atoms with van der Waals surface area (Å²) in [6.07, 6.45) is 0.816. The molecule has 1 aromatic rings. The fourth-order valence-electron chi connectivity index (χ4n) is 2.58. The lowest BCUT2D eigenvalue weighted by Gasteiger charge is -2.32. The Kier molecular flexibility index (Phi) is 4.68. The van der Waals surface area contributed by atoms with Crippen LogP contribution in [0.2, 0.25) is 5.02 Å². The molecule has 0 saturated heterocycles. The molecule has 0 radical (unpaired) electrons. The van der Waals surface area contributed by atoms with Gasteiger partial charge in [0, 0.05) is 22.6 Å². The SMILES string of the molecule is CC1=C(C)C[C@@H](C(=O)Nc2ccc(Cl)cc2)[C@@H](C(=O)[O-])C1. The molecule has 1 N–H and O–H groups in total. The Morgan fingerprint density at radius 3 is 2.14 bits per heavy atom. The number of carboxylic acids is 1. The zero-order valence-corrected chi connectivity index (χ0v) is 12.7. The number of hydrogen-bond acceptors (Lipinski definition) is 3. The van der Waals surface area contributed by atoms with Crippen molar-refractivity contribution in [2.45, 2.75) is 26.7 Å². The Morgan fingerprint density at radius 2 is 1.62 bits per heavy atom. The minimum atomic E-state index is -1.17. The first-order valence-electron chi connectivity index (χ1n) is 6.81. The highest BCUT2D eigenvalue weighted by molar-refractivity contribution is 6.30. The second-order valence-electron chi connectivity index (χ2n) is 5.50. The van der Waals surface area contributed by atoms with Crippen LogP contribution in [0.4, 0.5) is 5.69 Å². The van der Waals surface area contributed by atoms with E-state index in [0.717, 1.165) is 11.1 Å². The van der Waals surface area contributed by atoms with Crippen LogP contribution in [-0.2, 0) is 9.59 Å². The van der Waals surface area contributed by atoms with Gasteiger partial charge in [0.15, 0.2) is 0 Å². The number of aliphatic carboxylic acids is 1. The third kappa shape index (κ3) is 3.64. The molecule has 0 aliphatic heterocycles. The predicted molar refractivity (Wildman–Crippen MR) is 79.7 cm³/mol. The van der Waals surface area contributed by atoms with Crippen molar-refractivity contribution < 1.29 is 14.7 Å². The van der Waals surface area contributed by atoms with Gasteiger partial charge in [0.1, 0.15) is 0 Å². The fourth-order valence-corrected chi connectivity index (χ4v) is 2.71. The topological polar surface area (TPSA) is 69.2 Å². The number of halogens is 1. The zero-order chi connectivity index (χ0) is 15.6. The summed E-state index contributed by atoms with van der Waals surface area (Å²) in [5.74, 6) is -2.84. The maximum absolute atomic E-state index is 12.4. The first-order chi connectivity index (χ1) is 9.88. The van der Waals surface area contributed by atoms with Crippen LogP contribution < -0.4 is 10.4 Å². The third-order valence-corrected chi connectivity index (χ3v) is 4.27. The van der Waals surface area contributed by atoms with Crippen molar-refractivity contribution in [3.8, 4) is 0 Å². The van der Waals surface area contributed by atoms with E-state index < -0.39 is 17.8 Å². The van der Waals surface area contributed by atoms with Crippen LogP contribution in [0.3, 0.4) is 0 Å². The molecule has 0 bridgehead atoms. The monoisotopic (exact) mass is 306 g/mol. The molecular weight excluding hydrogens is 290 g/mol. The molecule has 1 aliphatic rings. The lowest BCUT2D eigenvalue weighted by atomic mass is 9.76. The molecule has 112 valence electrons. The molecule has 4 nitrogen and oxygen atoms in total. The van der Waals surface area contributed by atoms with Gasteiger partial charge in [-0.3, -0.25) is 4.79 Å². The van der Waals surface area contributed by atoms with E-state index >= 15 is 0 Å². The normalized spacial score (nSPS) is 22.0. The molecule has 0 spiro atoms. The van der Waals surface area contributed by atoms with Gasteiger partial charge in [0.05, 0.1) is 5.92 Å². The average molecular weight is 307 g/mol. The smallest absolute Gasteiger partial charge is 0.228 e. The van der Waals surface area contributed by atoms with Gasteiger partial charge in [-0.15, -0.1) is 0 Å².